The van der Waals surface area contributed by atoms with E-state index < -0.39 is 0 Å². The first-order chi connectivity index (χ1) is 13.5. The SMILES string of the molecule is Cc1ccc(OC[C@@H](C)NC(=O)C2CCN(Cc3cccc(Cl)c3)CC2)cc1. The third kappa shape index (κ3) is 6.25. The minimum absolute atomic E-state index is 0.0155. The molecule has 5 heteroatoms. The Balaban J connectivity index is 1.38. The highest BCUT2D eigenvalue weighted by atomic mass is 35.5. The van der Waals surface area contributed by atoms with Gasteiger partial charge in [0.25, 0.3) is 0 Å². The number of ether oxygens (including phenoxy) is 1. The van der Waals surface area contributed by atoms with Crippen LogP contribution in [0, 0.1) is 12.8 Å². The predicted molar refractivity (Wildman–Crippen MR) is 114 cm³/mol. The maximum absolute atomic E-state index is 12.6. The van der Waals surface area contributed by atoms with Gasteiger partial charge >= 0.3 is 0 Å². The van der Waals surface area contributed by atoms with E-state index >= 15 is 0 Å². The smallest absolute Gasteiger partial charge is 0.223 e. The number of carbonyl (C=O) groups is 1. The van der Waals surface area contributed by atoms with Gasteiger partial charge in [0.1, 0.15) is 12.4 Å². The molecule has 1 fully saturated rings. The van der Waals surface area contributed by atoms with Gasteiger partial charge in [0.2, 0.25) is 5.91 Å². The van der Waals surface area contributed by atoms with Crippen molar-refractivity contribution in [2.24, 2.45) is 5.92 Å². The van der Waals surface area contributed by atoms with Crippen molar-refractivity contribution in [1.29, 1.82) is 0 Å². The molecule has 1 aliphatic heterocycles. The molecule has 0 saturated carbocycles. The van der Waals surface area contributed by atoms with Gasteiger partial charge in [0.15, 0.2) is 0 Å². The van der Waals surface area contributed by atoms with Crippen LogP contribution in [-0.4, -0.2) is 36.5 Å². The van der Waals surface area contributed by atoms with E-state index in [1.165, 1.54) is 11.1 Å². The van der Waals surface area contributed by atoms with E-state index in [9.17, 15) is 4.79 Å². The molecule has 2 aromatic carbocycles. The summed E-state index contributed by atoms with van der Waals surface area (Å²) in [5.41, 5.74) is 2.42. The molecular weight excluding hydrogens is 372 g/mol. The summed E-state index contributed by atoms with van der Waals surface area (Å²) in [6.45, 7) is 7.25. The highest BCUT2D eigenvalue weighted by molar-refractivity contribution is 6.30. The number of benzene rings is 2. The first kappa shape index (κ1) is 20.7. The fraction of sp³-hybridized carbons (Fsp3) is 0.435. The lowest BCUT2D eigenvalue weighted by molar-refractivity contribution is -0.127. The van der Waals surface area contributed by atoms with E-state index in [0.29, 0.717) is 6.61 Å². The first-order valence-corrected chi connectivity index (χ1v) is 10.3. The molecule has 28 heavy (non-hydrogen) atoms. The molecule has 0 spiro atoms. The van der Waals surface area contributed by atoms with Gasteiger partial charge in [0.05, 0.1) is 6.04 Å². The standard InChI is InChI=1S/C23H29ClN2O2/c1-17-6-8-22(9-7-17)28-16-18(2)25-23(27)20-10-12-26(13-11-20)15-19-4-3-5-21(24)14-19/h3-9,14,18,20H,10-13,15-16H2,1-2H3,(H,25,27)/t18-/m1/s1. The molecule has 4 nitrogen and oxygen atoms in total. The van der Waals surface area contributed by atoms with Gasteiger partial charge in [0, 0.05) is 17.5 Å². The van der Waals surface area contributed by atoms with Crippen LogP contribution in [-0.2, 0) is 11.3 Å². The van der Waals surface area contributed by atoms with Crippen molar-refractivity contribution in [3.8, 4) is 5.75 Å². The number of aryl methyl sites for hydroxylation is 1. The van der Waals surface area contributed by atoms with Gasteiger partial charge in [-0.2, -0.15) is 0 Å². The minimum atomic E-state index is -0.0155. The van der Waals surface area contributed by atoms with E-state index in [2.05, 4.69) is 16.3 Å². The van der Waals surface area contributed by atoms with Crippen molar-refractivity contribution in [1.82, 2.24) is 10.2 Å². The Bertz CT molecular complexity index is 770. The molecule has 0 radical (unpaired) electrons. The average molecular weight is 401 g/mol. The van der Waals surface area contributed by atoms with Gasteiger partial charge in [-0.1, -0.05) is 41.4 Å². The van der Waals surface area contributed by atoms with Crippen LogP contribution >= 0.6 is 11.6 Å². The molecule has 0 aliphatic carbocycles. The monoisotopic (exact) mass is 400 g/mol. The van der Waals surface area contributed by atoms with Crippen LogP contribution in [0.2, 0.25) is 5.02 Å². The summed E-state index contributed by atoms with van der Waals surface area (Å²) in [5, 5.41) is 3.88. The Labute approximate surface area is 172 Å². The summed E-state index contributed by atoms with van der Waals surface area (Å²) in [6, 6.07) is 15.9. The topological polar surface area (TPSA) is 41.6 Å². The number of amides is 1. The van der Waals surface area contributed by atoms with Crippen molar-refractivity contribution < 1.29 is 9.53 Å². The van der Waals surface area contributed by atoms with Crippen LogP contribution < -0.4 is 10.1 Å². The first-order valence-electron chi connectivity index (χ1n) is 9.96. The molecule has 1 saturated heterocycles. The zero-order chi connectivity index (χ0) is 19.9. The molecule has 1 aliphatic rings. The van der Waals surface area contributed by atoms with Crippen LogP contribution in [0.4, 0.5) is 0 Å². The fourth-order valence-corrected chi connectivity index (χ4v) is 3.72. The second-order valence-corrected chi connectivity index (χ2v) is 8.15. The predicted octanol–water partition coefficient (Wildman–Crippen LogP) is 4.44. The quantitative estimate of drug-likeness (QED) is 0.746. The summed E-state index contributed by atoms with van der Waals surface area (Å²) in [6.07, 6.45) is 1.77. The summed E-state index contributed by atoms with van der Waals surface area (Å²) in [5.74, 6) is 1.06. The Morgan fingerprint density at radius 1 is 1.21 bits per heavy atom. The number of carbonyl (C=O) groups excluding carboxylic acids is 1. The highest BCUT2D eigenvalue weighted by Crippen LogP contribution is 2.20. The Morgan fingerprint density at radius 2 is 1.93 bits per heavy atom. The molecule has 3 rings (SSSR count). The zero-order valence-corrected chi connectivity index (χ0v) is 17.4. The average Bonchev–Trinajstić information content (AvgIpc) is 2.68. The second kappa shape index (κ2) is 9.94. The molecule has 1 amide bonds. The van der Waals surface area contributed by atoms with E-state index in [0.717, 1.165) is 43.2 Å². The van der Waals surface area contributed by atoms with Crippen LogP contribution in [0.5, 0.6) is 5.75 Å². The summed E-state index contributed by atoms with van der Waals surface area (Å²) in [7, 11) is 0. The van der Waals surface area contributed by atoms with Gasteiger partial charge in [-0.25, -0.2) is 0 Å². The number of hydrogen-bond donors (Lipinski definition) is 1. The minimum Gasteiger partial charge on any atom is -0.491 e. The van der Waals surface area contributed by atoms with Crippen molar-refractivity contribution in [2.75, 3.05) is 19.7 Å². The van der Waals surface area contributed by atoms with E-state index in [1.807, 2.05) is 56.3 Å². The molecule has 0 bridgehead atoms. The van der Waals surface area contributed by atoms with E-state index in [1.54, 1.807) is 0 Å². The molecule has 1 heterocycles. The Kier molecular flexibility index (Phi) is 7.35. The van der Waals surface area contributed by atoms with E-state index in [4.69, 9.17) is 16.3 Å². The van der Waals surface area contributed by atoms with Gasteiger partial charge < -0.3 is 10.1 Å². The maximum atomic E-state index is 12.6. The normalized spacial score (nSPS) is 16.5. The summed E-state index contributed by atoms with van der Waals surface area (Å²) >= 11 is 6.07. The van der Waals surface area contributed by atoms with Crippen molar-refractivity contribution in [3.05, 3.63) is 64.7 Å². The van der Waals surface area contributed by atoms with Crippen LogP contribution in [0.3, 0.4) is 0 Å². The van der Waals surface area contributed by atoms with Gasteiger partial charge in [-0.3, -0.25) is 9.69 Å². The highest BCUT2D eigenvalue weighted by Gasteiger charge is 2.25. The Morgan fingerprint density at radius 3 is 2.61 bits per heavy atom. The van der Waals surface area contributed by atoms with Crippen LogP contribution in [0.15, 0.2) is 48.5 Å². The molecule has 1 N–H and O–H groups in total. The lowest BCUT2D eigenvalue weighted by Gasteiger charge is -2.32. The van der Waals surface area contributed by atoms with Crippen molar-refractivity contribution in [3.63, 3.8) is 0 Å². The third-order valence-corrected chi connectivity index (χ3v) is 5.40. The van der Waals surface area contributed by atoms with E-state index in [-0.39, 0.29) is 17.9 Å². The molecule has 150 valence electrons. The van der Waals surface area contributed by atoms with Gasteiger partial charge in [-0.15, -0.1) is 0 Å². The number of likely N-dealkylation sites (tertiary alicyclic amines) is 1. The number of piperidine rings is 1. The third-order valence-electron chi connectivity index (χ3n) is 5.16. The number of nitrogens with zero attached hydrogens (tertiary/aromatic N) is 1. The number of rotatable bonds is 7. The molecular formula is C23H29ClN2O2. The van der Waals surface area contributed by atoms with Gasteiger partial charge in [-0.05, 0) is 69.6 Å². The Hall–Kier alpha value is -2.04. The summed E-state index contributed by atoms with van der Waals surface area (Å²) < 4.78 is 5.77. The molecule has 1 atom stereocenters. The lowest BCUT2D eigenvalue weighted by Crippen LogP contribution is -2.44. The molecule has 2 aromatic rings. The number of nitrogens with one attached hydrogen (secondary N) is 1. The van der Waals surface area contributed by atoms with Crippen molar-refractivity contribution >= 4 is 17.5 Å². The number of halogens is 1. The van der Waals surface area contributed by atoms with Crippen molar-refractivity contribution in [2.45, 2.75) is 39.3 Å². The largest absolute Gasteiger partial charge is 0.491 e. The fourth-order valence-electron chi connectivity index (χ4n) is 3.50. The van der Waals surface area contributed by atoms with Crippen LogP contribution in [0.1, 0.15) is 30.9 Å². The zero-order valence-electron chi connectivity index (χ0n) is 16.7. The number of hydrogen-bond acceptors (Lipinski definition) is 3. The second-order valence-electron chi connectivity index (χ2n) is 7.71. The lowest BCUT2D eigenvalue weighted by atomic mass is 9.95. The summed E-state index contributed by atoms with van der Waals surface area (Å²) in [4.78, 5) is 15.0. The molecule has 0 unspecified atom stereocenters. The van der Waals surface area contributed by atoms with Crippen LogP contribution in [0.25, 0.3) is 0 Å². The maximum Gasteiger partial charge on any atom is 0.223 e. The molecule has 0 aromatic heterocycles.